The molecule has 2 rings (SSSR count). The minimum absolute atomic E-state index is 0.116. The van der Waals surface area contributed by atoms with Gasteiger partial charge in [-0.3, -0.25) is 4.79 Å². The minimum Gasteiger partial charge on any atom is -0.372 e. The molecule has 21 heavy (non-hydrogen) atoms. The third kappa shape index (κ3) is 4.08. The van der Waals surface area contributed by atoms with Gasteiger partial charge in [0.2, 0.25) is 0 Å². The number of nitrogens with one attached hydrogen (secondary N) is 2. The predicted octanol–water partition coefficient (Wildman–Crippen LogP) is 2.24. The molecule has 2 N–H and O–H groups in total. The van der Waals surface area contributed by atoms with Gasteiger partial charge < -0.3 is 15.5 Å². The van der Waals surface area contributed by atoms with E-state index >= 15 is 0 Å². The predicted molar refractivity (Wildman–Crippen MR) is 85.9 cm³/mol. The van der Waals surface area contributed by atoms with Crippen LogP contribution in [0.3, 0.4) is 0 Å². The number of anilines is 1. The summed E-state index contributed by atoms with van der Waals surface area (Å²) in [4.78, 5) is 18.7. The molecule has 1 aromatic heterocycles. The Morgan fingerprint density at radius 1 is 1.57 bits per heavy atom. The molecule has 0 aromatic carbocycles. The van der Waals surface area contributed by atoms with Crippen molar-refractivity contribution in [3.63, 3.8) is 0 Å². The summed E-state index contributed by atoms with van der Waals surface area (Å²) in [6.07, 6.45) is 2.68. The highest BCUT2D eigenvalue weighted by molar-refractivity contribution is 6.33. The molecular weight excluding hydrogens is 288 g/mol. The van der Waals surface area contributed by atoms with Gasteiger partial charge in [-0.1, -0.05) is 11.6 Å². The van der Waals surface area contributed by atoms with Gasteiger partial charge in [0.05, 0.1) is 10.6 Å². The van der Waals surface area contributed by atoms with Crippen LogP contribution in [0.15, 0.2) is 12.3 Å². The highest BCUT2D eigenvalue weighted by Gasteiger charge is 2.24. The average Bonchev–Trinajstić information content (AvgIpc) is 2.93. The second-order valence-corrected chi connectivity index (χ2v) is 6.17. The Morgan fingerprint density at radius 2 is 2.33 bits per heavy atom. The van der Waals surface area contributed by atoms with Crippen LogP contribution in [-0.2, 0) is 0 Å². The van der Waals surface area contributed by atoms with Gasteiger partial charge in [0.25, 0.3) is 5.91 Å². The zero-order valence-corrected chi connectivity index (χ0v) is 13.6. The fourth-order valence-electron chi connectivity index (χ4n) is 2.58. The van der Waals surface area contributed by atoms with Crippen molar-refractivity contribution in [2.24, 2.45) is 5.92 Å². The topological polar surface area (TPSA) is 57.3 Å². The lowest BCUT2D eigenvalue weighted by Crippen LogP contribution is -2.33. The number of nitrogens with zero attached hydrogens (tertiary/aromatic N) is 2. The van der Waals surface area contributed by atoms with Crippen molar-refractivity contribution >= 4 is 23.3 Å². The van der Waals surface area contributed by atoms with Crippen LogP contribution in [-0.4, -0.2) is 48.5 Å². The molecule has 0 radical (unpaired) electrons. The standard InChI is InChI=1S/C15H23ClN4O/c1-10(2)20-5-4-11(9-20)7-19-15(21)12-6-13(16)14(17-3)18-8-12/h6,8,10-11H,4-5,7,9H2,1-3H3,(H,17,18)(H,19,21). The Morgan fingerprint density at radius 3 is 2.90 bits per heavy atom. The first-order valence-corrected chi connectivity index (χ1v) is 7.74. The van der Waals surface area contributed by atoms with Gasteiger partial charge in [-0.25, -0.2) is 4.98 Å². The summed E-state index contributed by atoms with van der Waals surface area (Å²) in [5.74, 6) is 0.989. The summed E-state index contributed by atoms with van der Waals surface area (Å²) >= 11 is 6.04. The molecule has 1 fully saturated rings. The Kier molecular flexibility index (Phi) is 5.42. The third-order valence-electron chi connectivity index (χ3n) is 3.94. The number of carbonyl (C=O) groups is 1. The van der Waals surface area contributed by atoms with Gasteiger partial charge in [0.15, 0.2) is 0 Å². The van der Waals surface area contributed by atoms with Crippen LogP contribution in [0, 0.1) is 5.92 Å². The number of halogens is 1. The molecule has 1 atom stereocenters. The van der Waals surface area contributed by atoms with Crippen molar-refractivity contribution in [3.8, 4) is 0 Å². The van der Waals surface area contributed by atoms with Crippen LogP contribution in [0.1, 0.15) is 30.6 Å². The number of hydrogen-bond donors (Lipinski definition) is 2. The normalized spacial score (nSPS) is 19.0. The van der Waals surface area contributed by atoms with E-state index in [-0.39, 0.29) is 5.91 Å². The summed E-state index contributed by atoms with van der Waals surface area (Å²) in [6, 6.07) is 2.22. The number of hydrogen-bond acceptors (Lipinski definition) is 4. The van der Waals surface area contributed by atoms with Gasteiger partial charge in [-0.05, 0) is 38.8 Å². The fourth-order valence-corrected chi connectivity index (χ4v) is 2.84. The fraction of sp³-hybridized carbons (Fsp3) is 0.600. The molecule has 1 unspecified atom stereocenters. The van der Waals surface area contributed by atoms with E-state index in [9.17, 15) is 4.79 Å². The summed E-state index contributed by atoms with van der Waals surface area (Å²) < 4.78 is 0. The average molecular weight is 311 g/mol. The van der Waals surface area contributed by atoms with Gasteiger partial charge in [-0.15, -0.1) is 0 Å². The van der Waals surface area contributed by atoms with Gasteiger partial charge >= 0.3 is 0 Å². The lowest BCUT2D eigenvalue weighted by Gasteiger charge is -2.20. The number of aromatic nitrogens is 1. The Labute approximate surface area is 131 Å². The number of rotatable bonds is 5. The van der Waals surface area contributed by atoms with Crippen molar-refractivity contribution in [1.82, 2.24) is 15.2 Å². The highest BCUT2D eigenvalue weighted by Crippen LogP contribution is 2.20. The van der Waals surface area contributed by atoms with Crippen LogP contribution < -0.4 is 10.6 Å². The maximum Gasteiger partial charge on any atom is 0.252 e. The quantitative estimate of drug-likeness (QED) is 0.876. The summed E-state index contributed by atoms with van der Waals surface area (Å²) in [5, 5.41) is 6.31. The van der Waals surface area contributed by atoms with E-state index in [1.807, 2.05) is 0 Å². The Bertz CT molecular complexity index is 506. The SMILES string of the molecule is CNc1ncc(C(=O)NCC2CCN(C(C)C)C2)cc1Cl. The molecule has 1 saturated heterocycles. The van der Waals surface area contributed by atoms with Crippen LogP contribution >= 0.6 is 11.6 Å². The minimum atomic E-state index is -0.116. The molecule has 0 spiro atoms. The zero-order valence-electron chi connectivity index (χ0n) is 12.8. The van der Waals surface area contributed by atoms with Crippen LogP contribution in [0.2, 0.25) is 5.02 Å². The Hall–Kier alpha value is -1.33. The smallest absolute Gasteiger partial charge is 0.252 e. The lowest BCUT2D eigenvalue weighted by atomic mass is 10.1. The van der Waals surface area contributed by atoms with E-state index in [0.717, 1.165) is 19.5 Å². The number of carbonyl (C=O) groups excluding carboxylic acids is 1. The van der Waals surface area contributed by atoms with Gasteiger partial charge in [0.1, 0.15) is 5.82 Å². The first-order chi connectivity index (χ1) is 10.0. The molecule has 0 bridgehead atoms. The van der Waals surface area contributed by atoms with E-state index in [2.05, 4.69) is 34.4 Å². The van der Waals surface area contributed by atoms with E-state index < -0.39 is 0 Å². The van der Waals surface area contributed by atoms with Crippen molar-refractivity contribution < 1.29 is 4.79 Å². The monoisotopic (exact) mass is 310 g/mol. The van der Waals surface area contributed by atoms with Crippen molar-refractivity contribution in [3.05, 3.63) is 22.8 Å². The lowest BCUT2D eigenvalue weighted by molar-refractivity contribution is 0.0947. The highest BCUT2D eigenvalue weighted by atomic mass is 35.5. The van der Waals surface area contributed by atoms with Crippen LogP contribution in [0.4, 0.5) is 5.82 Å². The number of pyridine rings is 1. The number of amides is 1. The van der Waals surface area contributed by atoms with Gasteiger partial charge in [0, 0.05) is 32.4 Å². The molecule has 116 valence electrons. The van der Waals surface area contributed by atoms with Crippen molar-refractivity contribution in [1.29, 1.82) is 0 Å². The maximum atomic E-state index is 12.1. The van der Waals surface area contributed by atoms with E-state index in [0.29, 0.717) is 34.9 Å². The molecule has 1 aliphatic rings. The summed E-state index contributed by atoms with van der Waals surface area (Å²) in [7, 11) is 1.74. The van der Waals surface area contributed by atoms with Crippen molar-refractivity contribution in [2.45, 2.75) is 26.3 Å². The summed E-state index contributed by atoms with van der Waals surface area (Å²) in [5.41, 5.74) is 0.498. The van der Waals surface area contributed by atoms with E-state index in [1.54, 1.807) is 19.3 Å². The van der Waals surface area contributed by atoms with E-state index in [1.165, 1.54) is 0 Å². The number of likely N-dealkylation sites (tertiary alicyclic amines) is 1. The van der Waals surface area contributed by atoms with Crippen LogP contribution in [0.25, 0.3) is 0 Å². The van der Waals surface area contributed by atoms with Gasteiger partial charge in [-0.2, -0.15) is 0 Å². The molecule has 1 aromatic rings. The largest absolute Gasteiger partial charge is 0.372 e. The first kappa shape index (κ1) is 16.0. The maximum absolute atomic E-state index is 12.1. The molecule has 2 heterocycles. The second-order valence-electron chi connectivity index (χ2n) is 5.76. The van der Waals surface area contributed by atoms with E-state index in [4.69, 9.17) is 11.6 Å². The molecular formula is C15H23ClN4O. The van der Waals surface area contributed by atoms with Crippen LogP contribution in [0.5, 0.6) is 0 Å². The Balaban J connectivity index is 1.86. The zero-order chi connectivity index (χ0) is 15.4. The first-order valence-electron chi connectivity index (χ1n) is 7.36. The molecule has 0 aliphatic carbocycles. The molecule has 0 saturated carbocycles. The third-order valence-corrected chi connectivity index (χ3v) is 4.23. The molecule has 6 heteroatoms. The summed E-state index contributed by atoms with van der Waals surface area (Å²) in [6.45, 7) is 7.28. The molecule has 1 aliphatic heterocycles. The second kappa shape index (κ2) is 7.09. The molecule has 5 nitrogen and oxygen atoms in total. The molecule has 1 amide bonds. The van der Waals surface area contributed by atoms with Crippen molar-refractivity contribution in [2.75, 3.05) is 32.0 Å².